The van der Waals surface area contributed by atoms with Crippen LogP contribution in [0.4, 0.5) is 0 Å². The van der Waals surface area contributed by atoms with E-state index in [1.807, 2.05) is 36.5 Å². The summed E-state index contributed by atoms with van der Waals surface area (Å²) in [6.07, 6.45) is 98.1. The second kappa shape index (κ2) is 76.3. The summed E-state index contributed by atoms with van der Waals surface area (Å²) in [5.74, 6) is -2.53. The number of unbranched alkanes of at least 4 members (excludes halogenated alkanes) is 6. The zero-order valence-corrected chi connectivity index (χ0v) is 66.3. The highest BCUT2D eigenvalue weighted by atomic mass is 31.2. The van der Waals surface area contributed by atoms with Gasteiger partial charge in [0.05, 0.1) is 32.8 Å². The lowest BCUT2D eigenvalue weighted by Crippen LogP contribution is -2.30. The molecule has 0 saturated heterocycles. The van der Waals surface area contributed by atoms with Gasteiger partial charge >= 0.3 is 39.5 Å². The van der Waals surface area contributed by atoms with Crippen molar-refractivity contribution in [2.75, 3.05) is 39.6 Å². The number of phosphoric ester groups is 2. The van der Waals surface area contributed by atoms with E-state index in [0.717, 1.165) is 141 Å². The fourth-order valence-electron chi connectivity index (χ4n) is 8.95. The third-order valence-electron chi connectivity index (χ3n) is 14.7. The molecule has 0 aromatic carbocycles. The van der Waals surface area contributed by atoms with Crippen molar-refractivity contribution >= 4 is 39.5 Å². The van der Waals surface area contributed by atoms with E-state index in [2.05, 4.69) is 210 Å². The van der Waals surface area contributed by atoms with Crippen LogP contribution >= 0.6 is 15.6 Å². The number of phosphoric acid groups is 2. The minimum Gasteiger partial charge on any atom is -0.462 e. The van der Waals surface area contributed by atoms with Gasteiger partial charge in [-0.15, -0.1) is 0 Å². The molecule has 0 amide bonds. The molecule has 0 aromatic heterocycles. The average molecular weight is 1510 g/mol. The Morgan fingerprint density at radius 1 is 0.274 bits per heavy atom. The number of aliphatic hydroxyl groups is 1. The number of allylic oxidation sites excluding steroid dienone is 37. The number of carbonyl (C=O) groups is 4. The number of ether oxygens (including phenoxy) is 4. The minimum atomic E-state index is -5.03. The Hall–Kier alpha value is -6.88. The maximum atomic E-state index is 13.1. The quantitative estimate of drug-likeness (QED) is 0.0169. The number of hydrogen-bond donors (Lipinski definition) is 3. The van der Waals surface area contributed by atoms with Gasteiger partial charge in [0.15, 0.2) is 12.2 Å². The minimum absolute atomic E-state index is 0.0128. The predicted molar refractivity (Wildman–Crippen MR) is 435 cm³/mol. The number of esters is 4. The van der Waals surface area contributed by atoms with Crippen LogP contribution in [-0.2, 0) is 65.4 Å². The van der Waals surface area contributed by atoms with Gasteiger partial charge in [-0.25, -0.2) is 9.13 Å². The van der Waals surface area contributed by atoms with E-state index in [1.165, 1.54) is 0 Å². The Morgan fingerprint density at radius 3 is 0.858 bits per heavy atom. The lowest BCUT2D eigenvalue weighted by Gasteiger charge is -2.21. The second-order valence-corrected chi connectivity index (χ2v) is 27.3. The zero-order valence-electron chi connectivity index (χ0n) is 64.5. The molecule has 0 fully saturated rings. The first kappa shape index (κ1) is 99.1. The molecule has 0 aromatic rings. The van der Waals surface area contributed by atoms with Gasteiger partial charge in [-0.3, -0.25) is 37.3 Å². The SMILES string of the molecule is CC/C=C\C/C=C\C/C=C\C/C=C\C/C=C\C/C=C\CCC(=O)OCC(COP(=O)(O)OCC(O)COP(=O)(O)OCC(COC(=O)CCCCCC/C=C\C/C=C\C/C=C\C/C=C\CC)OC(=O)C/C=C\C/C=C\C/C=C\C/C=C\C/C=C\CC)OC(=O)CCCC/C=C\C/C=C\C/C=C\C/C=C\CC. The van der Waals surface area contributed by atoms with E-state index in [4.69, 9.17) is 37.0 Å². The average Bonchev–Trinajstić information content (AvgIpc) is 0.909. The Bertz CT molecular complexity index is 2930. The summed E-state index contributed by atoms with van der Waals surface area (Å²) in [5.41, 5.74) is 0. The summed E-state index contributed by atoms with van der Waals surface area (Å²) < 4.78 is 68.2. The topological polar surface area (TPSA) is 237 Å². The van der Waals surface area contributed by atoms with Crippen LogP contribution in [0.15, 0.2) is 231 Å². The molecule has 0 heterocycles. The fraction of sp³-hybridized carbons (Fsp3) is 0.517. The van der Waals surface area contributed by atoms with Gasteiger partial charge in [0.1, 0.15) is 19.3 Å². The highest BCUT2D eigenvalue weighted by Crippen LogP contribution is 2.45. The van der Waals surface area contributed by atoms with E-state index < -0.39 is 97.5 Å². The van der Waals surface area contributed by atoms with Crippen molar-refractivity contribution < 1.29 is 80.2 Å². The molecule has 0 aliphatic rings. The molecule has 0 aliphatic carbocycles. The smallest absolute Gasteiger partial charge is 0.462 e. The first-order valence-electron chi connectivity index (χ1n) is 38.6. The lowest BCUT2D eigenvalue weighted by molar-refractivity contribution is -0.161. The van der Waals surface area contributed by atoms with E-state index in [1.54, 1.807) is 12.2 Å². The van der Waals surface area contributed by atoms with Gasteiger partial charge in [0.2, 0.25) is 0 Å². The first-order valence-corrected chi connectivity index (χ1v) is 41.6. The summed E-state index contributed by atoms with van der Waals surface area (Å²) >= 11 is 0. The van der Waals surface area contributed by atoms with Crippen LogP contribution in [0.25, 0.3) is 0 Å². The van der Waals surface area contributed by atoms with Crippen LogP contribution < -0.4 is 0 Å². The largest absolute Gasteiger partial charge is 0.472 e. The predicted octanol–water partition coefficient (Wildman–Crippen LogP) is 22.7. The molecule has 0 aliphatic heterocycles. The summed E-state index contributed by atoms with van der Waals surface area (Å²) in [6.45, 7) is 4.07. The van der Waals surface area contributed by atoms with E-state index >= 15 is 0 Å². The van der Waals surface area contributed by atoms with Gasteiger partial charge in [0, 0.05) is 19.3 Å². The summed E-state index contributed by atoms with van der Waals surface area (Å²) in [4.78, 5) is 72.9. The third-order valence-corrected chi connectivity index (χ3v) is 16.6. The first-order chi connectivity index (χ1) is 51.7. The molecule has 0 radical (unpaired) electrons. The van der Waals surface area contributed by atoms with Crippen molar-refractivity contribution in [1.82, 2.24) is 0 Å². The van der Waals surface area contributed by atoms with Crippen molar-refractivity contribution in [3.63, 3.8) is 0 Å². The molecule has 5 atom stereocenters. The van der Waals surface area contributed by atoms with E-state index in [9.17, 15) is 43.2 Å². The maximum absolute atomic E-state index is 13.1. The molecule has 0 bridgehead atoms. The van der Waals surface area contributed by atoms with Gasteiger partial charge in [-0.05, 0) is 167 Å². The monoisotopic (exact) mass is 1510 g/mol. The van der Waals surface area contributed by atoms with Crippen LogP contribution in [0.3, 0.4) is 0 Å². The molecule has 0 saturated carbocycles. The number of rotatable bonds is 69. The Balaban J connectivity index is 5.58. The number of carbonyl (C=O) groups excluding carboxylic acids is 4. The van der Waals surface area contributed by atoms with Gasteiger partial charge in [-0.2, -0.15) is 0 Å². The molecule has 0 spiro atoms. The summed E-state index contributed by atoms with van der Waals surface area (Å²) in [7, 11) is -10.1. The van der Waals surface area contributed by atoms with Crippen LogP contribution in [0.1, 0.15) is 233 Å². The van der Waals surface area contributed by atoms with Gasteiger partial charge in [-0.1, -0.05) is 271 Å². The van der Waals surface area contributed by atoms with Crippen LogP contribution in [-0.4, -0.2) is 96.7 Å². The lowest BCUT2D eigenvalue weighted by atomic mass is 10.1. The van der Waals surface area contributed by atoms with E-state index in [-0.39, 0.29) is 25.7 Å². The van der Waals surface area contributed by atoms with Crippen molar-refractivity contribution in [3.05, 3.63) is 231 Å². The van der Waals surface area contributed by atoms with Crippen LogP contribution in [0.5, 0.6) is 0 Å². The zero-order chi connectivity index (χ0) is 77.4. The van der Waals surface area contributed by atoms with Crippen molar-refractivity contribution in [2.45, 2.75) is 251 Å². The molecular weight excluding hydrogens is 1380 g/mol. The molecule has 17 nitrogen and oxygen atoms in total. The Morgan fingerprint density at radius 2 is 0.519 bits per heavy atom. The number of aliphatic hydroxyl groups excluding tert-OH is 1. The molecule has 3 N–H and O–H groups in total. The molecule has 0 rings (SSSR count). The maximum Gasteiger partial charge on any atom is 0.472 e. The Kier molecular flexibility index (Phi) is 71.4. The molecule has 5 unspecified atom stereocenters. The second-order valence-electron chi connectivity index (χ2n) is 24.4. The molecule has 106 heavy (non-hydrogen) atoms. The highest BCUT2D eigenvalue weighted by Gasteiger charge is 2.30. The fourth-order valence-corrected chi connectivity index (χ4v) is 10.5. The van der Waals surface area contributed by atoms with Crippen LogP contribution in [0.2, 0.25) is 0 Å². The van der Waals surface area contributed by atoms with Crippen LogP contribution in [0, 0.1) is 0 Å². The van der Waals surface area contributed by atoms with Crippen molar-refractivity contribution in [2.24, 2.45) is 0 Å². The molecular formula is C87H132O17P2. The summed E-state index contributed by atoms with van der Waals surface area (Å²) in [5, 5.41) is 10.6. The number of hydrogen-bond acceptors (Lipinski definition) is 15. The van der Waals surface area contributed by atoms with E-state index in [0.29, 0.717) is 38.5 Å². The highest BCUT2D eigenvalue weighted by molar-refractivity contribution is 7.47. The molecule has 592 valence electrons. The summed E-state index contributed by atoms with van der Waals surface area (Å²) in [6, 6.07) is 0. The standard InChI is InChI=1S/C87H132O17P2/c1-5-9-13-17-21-25-29-33-37-39-40-42-46-48-52-56-60-64-68-72-85(90)98-78-83(104-87(92)74-70-66-62-58-54-50-44-36-32-28-24-20-16-12-8-4)80-102-106(95,96)100-76-81(88)75-99-105(93,94)101-79-82(103-86(91)73-69-65-61-57-53-49-43-35-31-27-23-19-15-11-7-3)77-97-84(89)71-67-63-59-55-51-47-45-41-38-34-30-26-22-18-14-10-6-2/h9-16,21-28,33-38,40,42-45,47-48,52-54,57-58,60,64-65,69,81-83,88H,5-8,17-20,29-32,39,41,46,49-51,55-56,59,61-63,66-68,70-80H2,1-4H3,(H,93,94)(H,95,96)/b13-9-,14-10-,15-11-,16-12-,25-21-,26-22-,27-23-,28-24-,37-33-,38-34-,42-40-,43-35-,44-36-,47-45-,52-48-,57-53-,58-54-,64-60-,69-65-. The normalized spacial score (nSPS) is 15.1. The van der Waals surface area contributed by atoms with Gasteiger partial charge < -0.3 is 33.8 Å². The van der Waals surface area contributed by atoms with Gasteiger partial charge in [0.25, 0.3) is 0 Å². The van der Waals surface area contributed by atoms with Crippen molar-refractivity contribution in [1.29, 1.82) is 0 Å². The third kappa shape index (κ3) is 75.4. The van der Waals surface area contributed by atoms with Crippen molar-refractivity contribution in [3.8, 4) is 0 Å². The molecule has 19 heteroatoms. The Labute approximate surface area is 638 Å².